The minimum Gasteiger partial charge on any atom is -0.309 e. The molecule has 1 aliphatic carbocycles. The van der Waals surface area contributed by atoms with Gasteiger partial charge < -0.3 is 5.32 Å². The van der Waals surface area contributed by atoms with E-state index in [-0.39, 0.29) is 11.8 Å². The maximum atomic E-state index is 12.4. The van der Waals surface area contributed by atoms with E-state index in [1.807, 2.05) is 35.1 Å². The van der Waals surface area contributed by atoms with Gasteiger partial charge in [-0.05, 0) is 30.4 Å². The number of carbonyl (C=O) groups is 1. The molecular weight excluding hydrogens is 310 g/mol. The second-order valence-corrected chi connectivity index (χ2v) is 6.73. The maximum Gasteiger partial charge on any atom is 0.229 e. The van der Waals surface area contributed by atoms with Crippen LogP contribution in [0.5, 0.6) is 0 Å². The number of rotatable bonds is 5. The van der Waals surface area contributed by atoms with E-state index in [1.165, 1.54) is 16.7 Å². The molecule has 2 atom stereocenters. The summed E-state index contributed by atoms with van der Waals surface area (Å²) in [5, 5.41) is 7.41. The highest BCUT2D eigenvalue weighted by atomic mass is 16.2. The van der Waals surface area contributed by atoms with Gasteiger partial charge in [-0.15, -0.1) is 0 Å². The van der Waals surface area contributed by atoms with Crippen LogP contribution >= 0.6 is 0 Å². The van der Waals surface area contributed by atoms with Crippen molar-refractivity contribution in [1.82, 2.24) is 9.78 Å². The monoisotopic (exact) mass is 331 g/mol. The molecule has 4 heteroatoms. The second-order valence-electron chi connectivity index (χ2n) is 6.73. The summed E-state index contributed by atoms with van der Waals surface area (Å²) in [6.07, 6.45) is 2.82. The Hall–Kier alpha value is -2.88. The fourth-order valence-corrected chi connectivity index (χ4v) is 3.17. The summed E-state index contributed by atoms with van der Waals surface area (Å²) < 4.78 is 1.85. The van der Waals surface area contributed by atoms with Gasteiger partial charge >= 0.3 is 0 Å². The summed E-state index contributed by atoms with van der Waals surface area (Å²) in [4.78, 5) is 12.4. The van der Waals surface area contributed by atoms with Crippen molar-refractivity contribution in [2.24, 2.45) is 5.92 Å². The molecule has 1 fully saturated rings. The largest absolute Gasteiger partial charge is 0.309 e. The fraction of sp³-hybridized carbons (Fsp3) is 0.238. The first kappa shape index (κ1) is 15.6. The topological polar surface area (TPSA) is 46.9 Å². The molecule has 0 radical (unpaired) electrons. The smallest absolute Gasteiger partial charge is 0.229 e. The zero-order chi connectivity index (χ0) is 17.2. The Balaban J connectivity index is 1.35. The van der Waals surface area contributed by atoms with Crippen LogP contribution in [-0.4, -0.2) is 15.7 Å². The third kappa shape index (κ3) is 3.63. The Labute approximate surface area is 147 Å². The van der Waals surface area contributed by atoms with Gasteiger partial charge in [0.05, 0.1) is 6.54 Å². The lowest BCUT2D eigenvalue weighted by atomic mass is 10.1. The van der Waals surface area contributed by atoms with Crippen molar-refractivity contribution < 1.29 is 4.79 Å². The lowest BCUT2D eigenvalue weighted by molar-refractivity contribution is -0.117. The van der Waals surface area contributed by atoms with Gasteiger partial charge in [0.25, 0.3) is 0 Å². The van der Waals surface area contributed by atoms with Crippen LogP contribution < -0.4 is 5.32 Å². The molecule has 0 aliphatic heterocycles. The molecular formula is C21H21N3O. The molecule has 3 aromatic rings. The summed E-state index contributed by atoms with van der Waals surface area (Å²) in [6.45, 7) is 2.78. The number of carbonyl (C=O) groups excluding carboxylic acids is 1. The number of hydrogen-bond acceptors (Lipinski definition) is 2. The average molecular weight is 331 g/mol. The van der Waals surface area contributed by atoms with Crippen LogP contribution in [0, 0.1) is 12.8 Å². The molecule has 0 spiro atoms. The number of amides is 1. The number of hydrogen-bond donors (Lipinski definition) is 1. The van der Waals surface area contributed by atoms with Crippen LogP contribution in [0.3, 0.4) is 0 Å². The van der Waals surface area contributed by atoms with Gasteiger partial charge in [0, 0.05) is 18.2 Å². The van der Waals surface area contributed by atoms with Crippen molar-refractivity contribution >= 4 is 11.7 Å². The molecule has 2 aromatic carbocycles. The van der Waals surface area contributed by atoms with Crippen molar-refractivity contribution in [2.75, 3.05) is 5.32 Å². The van der Waals surface area contributed by atoms with E-state index in [0.717, 1.165) is 6.42 Å². The molecule has 1 aliphatic rings. The van der Waals surface area contributed by atoms with E-state index in [2.05, 4.69) is 53.7 Å². The zero-order valence-electron chi connectivity index (χ0n) is 14.2. The van der Waals surface area contributed by atoms with Gasteiger partial charge in [-0.1, -0.05) is 60.2 Å². The maximum absolute atomic E-state index is 12.4. The molecule has 1 saturated carbocycles. The van der Waals surface area contributed by atoms with E-state index in [1.54, 1.807) is 0 Å². The first-order valence-electron chi connectivity index (χ1n) is 8.64. The van der Waals surface area contributed by atoms with E-state index in [9.17, 15) is 4.79 Å². The van der Waals surface area contributed by atoms with Crippen LogP contribution in [0.4, 0.5) is 5.82 Å². The molecule has 0 bridgehead atoms. The third-order valence-electron chi connectivity index (χ3n) is 4.71. The predicted octanol–water partition coefficient (Wildman–Crippen LogP) is 3.98. The standard InChI is InChI=1S/C21H21N3O/c1-15-7-9-16(10-8-15)14-24-12-11-20(23-24)22-21(25)19-13-18(19)17-5-3-2-4-6-17/h2-12,18-19H,13-14H2,1H3,(H,22,23,25). The third-order valence-corrected chi connectivity index (χ3v) is 4.71. The van der Waals surface area contributed by atoms with Gasteiger partial charge in [0.15, 0.2) is 5.82 Å². The molecule has 1 aromatic heterocycles. The Kier molecular flexibility index (Phi) is 4.10. The number of nitrogens with zero attached hydrogens (tertiary/aromatic N) is 2. The second kappa shape index (κ2) is 6.55. The van der Waals surface area contributed by atoms with Crippen LogP contribution in [0.1, 0.15) is 29.0 Å². The lowest BCUT2D eigenvalue weighted by Gasteiger charge is -2.04. The highest BCUT2D eigenvalue weighted by Crippen LogP contribution is 2.47. The van der Waals surface area contributed by atoms with Crippen molar-refractivity contribution in [3.63, 3.8) is 0 Å². The number of aromatic nitrogens is 2. The molecule has 0 saturated heterocycles. The van der Waals surface area contributed by atoms with Crippen LogP contribution in [0.15, 0.2) is 66.9 Å². The van der Waals surface area contributed by atoms with E-state index < -0.39 is 0 Å². The van der Waals surface area contributed by atoms with Crippen molar-refractivity contribution in [3.8, 4) is 0 Å². The van der Waals surface area contributed by atoms with Crippen LogP contribution in [-0.2, 0) is 11.3 Å². The highest BCUT2D eigenvalue weighted by molar-refractivity contribution is 5.94. The molecule has 1 amide bonds. The van der Waals surface area contributed by atoms with Gasteiger partial charge in [-0.2, -0.15) is 5.10 Å². The van der Waals surface area contributed by atoms with Crippen LogP contribution in [0.2, 0.25) is 0 Å². The summed E-state index contributed by atoms with van der Waals surface area (Å²) in [7, 11) is 0. The number of nitrogens with one attached hydrogen (secondary N) is 1. The highest BCUT2D eigenvalue weighted by Gasteiger charge is 2.43. The molecule has 4 rings (SSSR count). The number of aryl methyl sites for hydroxylation is 1. The van der Waals surface area contributed by atoms with Gasteiger partial charge in [-0.25, -0.2) is 0 Å². The van der Waals surface area contributed by atoms with Crippen molar-refractivity contribution in [2.45, 2.75) is 25.8 Å². The minimum atomic E-state index is 0.0599. The predicted molar refractivity (Wildman–Crippen MR) is 98.4 cm³/mol. The van der Waals surface area contributed by atoms with E-state index in [4.69, 9.17) is 0 Å². The summed E-state index contributed by atoms with van der Waals surface area (Å²) in [6, 6.07) is 20.5. The van der Waals surface area contributed by atoms with Gasteiger partial charge in [-0.3, -0.25) is 9.48 Å². The normalized spacial score (nSPS) is 18.8. The number of anilines is 1. The lowest BCUT2D eigenvalue weighted by Crippen LogP contribution is -2.15. The molecule has 25 heavy (non-hydrogen) atoms. The number of benzene rings is 2. The van der Waals surface area contributed by atoms with Crippen molar-refractivity contribution in [3.05, 3.63) is 83.6 Å². The Bertz CT molecular complexity index is 868. The zero-order valence-corrected chi connectivity index (χ0v) is 14.2. The first-order chi connectivity index (χ1) is 12.2. The quantitative estimate of drug-likeness (QED) is 0.768. The average Bonchev–Trinajstić information content (AvgIpc) is 3.33. The molecule has 1 N–H and O–H groups in total. The van der Waals surface area contributed by atoms with Crippen molar-refractivity contribution in [1.29, 1.82) is 0 Å². The first-order valence-corrected chi connectivity index (χ1v) is 8.64. The van der Waals surface area contributed by atoms with E-state index >= 15 is 0 Å². The van der Waals surface area contributed by atoms with Gasteiger partial charge in [0.1, 0.15) is 0 Å². The minimum absolute atomic E-state index is 0.0599. The molecule has 2 unspecified atom stereocenters. The van der Waals surface area contributed by atoms with Crippen LogP contribution in [0.25, 0.3) is 0 Å². The Morgan fingerprint density at radius 3 is 2.64 bits per heavy atom. The molecule has 126 valence electrons. The SMILES string of the molecule is Cc1ccc(Cn2ccc(NC(=O)C3CC3c3ccccc3)n2)cc1. The van der Waals surface area contributed by atoms with Gasteiger partial charge in [0.2, 0.25) is 5.91 Å². The molecule has 1 heterocycles. The summed E-state index contributed by atoms with van der Waals surface area (Å²) in [5.74, 6) is 1.09. The summed E-state index contributed by atoms with van der Waals surface area (Å²) >= 11 is 0. The molecule has 4 nitrogen and oxygen atoms in total. The fourth-order valence-electron chi connectivity index (χ4n) is 3.17. The Morgan fingerprint density at radius 2 is 1.88 bits per heavy atom. The van der Waals surface area contributed by atoms with E-state index in [0.29, 0.717) is 18.3 Å². The summed E-state index contributed by atoms with van der Waals surface area (Å²) in [5.41, 5.74) is 3.68. The Morgan fingerprint density at radius 1 is 1.12 bits per heavy atom.